The van der Waals surface area contributed by atoms with E-state index in [9.17, 15) is 0 Å². The number of nitrogens with zero attached hydrogens (tertiary/aromatic N) is 1. The van der Waals surface area contributed by atoms with E-state index < -0.39 is 0 Å². The molecule has 0 aliphatic carbocycles. The maximum Gasteiger partial charge on any atom is 0.134 e. The van der Waals surface area contributed by atoms with Crippen LogP contribution in [0, 0.1) is 0 Å². The number of hydrogen-bond acceptors (Lipinski definition) is 4. The normalized spacial score (nSPS) is 10.7. The molecule has 0 radical (unpaired) electrons. The van der Waals surface area contributed by atoms with Crippen molar-refractivity contribution in [2.75, 3.05) is 25.0 Å². The second kappa shape index (κ2) is 5.09. The number of nitrogens with one attached hydrogen (secondary N) is 2. The van der Waals surface area contributed by atoms with Gasteiger partial charge >= 0.3 is 0 Å². The lowest BCUT2D eigenvalue weighted by Gasteiger charge is -2.06. The Hall–Kier alpha value is -1.13. The summed E-state index contributed by atoms with van der Waals surface area (Å²) in [5, 5.41) is 9.93. The number of likely N-dealkylation sites (N-methyl/N-ethyl adjacent to an activating group) is 1. The minimum atomic E-state index is 0.913. The van der Waals surface area contributed by atoms with E-state index in [1.807, 2.05) is 6.20 Å². The van der Waals surface area contributed by atoms with Crippen LogP contribution in [0.3, 0.4) is 0 Å². The van der Waals surface area contributed by atoms with Crippen LogP contribution in [-0.4, -0.2) is 24.6 Å². The van der Waals surface area contributed by atoms with Gasteiger partial charge in [0.05, 0.1) is 0 Å². The number of aromatic nitrogens is 1. The summed E-state index contributed by atoms with van der Waals surface area (Å²) in [4.78, 5) is 4.34. The zero-order valence-corrected chi connectivity index (χ0v) is 9.60. The average molecular weight is 221 g/mol. The van der Waals surface area contributed by atoms with Crippen LogP contribution >= 0.6 is 11.3 Å². The van der Waals surface area contributed by atoms with E-state index in [4.69, 9.17) is 0 Å². The maximum absolute atomic E-state index is 4.34. The van der Waals surface area contributed by atoms with Gasteiger partial charge in [0.25, 0.3) is 0 Å². The molecule has 2 rings (SSSR count). The smallest absolute Gasteiger partial charge is 0.134 e. The molecule has 0 unspecified atom stereocenters. The van der Waals surface area contributed by atoms with Crippen LogP contribution in [0.2, 0.25) is 0 Å². The summed E-state index contributed by atoms with van der Waals surface area (Å²) in [6, 6.07) is 4.16. The topological polar surface area (TPSA) is 37.0 Å². The van der Waals surface area contributed by atoms with Gasteiger partial charge in [-0.1, -0.05) is 6.92 Å². The first-order valence-electron chi connectivity index (χ1n) is 5.18. The second-order valence-corrected chi connectivity index (χ2v) is 4.22. The first-order valence-corrected chi connectivity index (χ1v) is 6.06. The van der Waals surface area contributed by atoms with Gasteiger partial charge in [-0.25, -0.2) is 4.98 Å². The van der Waals surface area contributed by atoms with Crippen LogP contribution in [0.5, 0.6) is 0 Å². The first kappa shape index (κ1) is 10.4. The van der Waals surface area contributed by atoms with E-state index in [2.05, 4.69) is 40.1 Å². The number of pyridine rings is 1. The minimum Gasteiger partial charge on any atom is -0.368 e. The molecule has 2 heterocycles. The molecule has 0 spiro atoms. The molecular formula is C11H15N3S. The third kappa shape index (κ3) is 2.46. The minimum absolute atomic E-state index is 0.913. The summed E-state index contributed by atoms with van der Waals surface area (Å²) < 4.78 is 1.29. The van der Waals surface area contributed by atoms with Crippen molar-refractivity contribution in [3.63, 3.8) is 0 Å². The second-order valence-electron chi connectivity index (χ2n) is 3.27. The highest BCUT2D eigenvalue weighted by Gasteiger charge is 2.01. The van der Waals surface area contributed by atoms with Gasteiger partial charge in [0.1, 0.15) is 5.82 Å². The van der Waals surface area contributed by atoms with E-state index in [0.717, 1.165) is 25.5 Å². The highest BCUT2D eigenvalue weighted by Crippen LogP contribution is 2.25. The zero-order valence-electron chi connectivity index (χ0n) is 8.79. The molecule has 0 aliphatic heterocycles. The number of thiophene rings is 1. The fourth-order valence-corrected chi connectivity index (χ4v) is 2.26. The Kier molecular flexibility index (Phi) is 3.53. The molecule has 2 N–H and O–H groups in total. The number of hydrogen-bond donors (Lipinski definition) is 2. The third-order valence-corrected chi connectivity index (χ3v) is 3.11. The van der Waals surface area contributed by atoms with Crippen LogP contribution < -0.4 is 10.6 Å². The monoisotopic (exact) mass is 221 g/mol. The average Bonchev–Trinajstić information content (AvgIpc) is 2.73. The Morgan fingerprint density at radius 1 is 1.33 bits per heavy atom. The Labute approximate surface area is 93.5 Å². The van der Waals surface area contributed by atoms with Crippen molar-refractivity contribution < 1.29 is 0 Å². The summed E-state index contributed by atoms with van der Waals surface area (Å²) in [6.07, 6.45) is 1.86. The van der Waals surface area contributed by atoms with Crippen LogP contribution in [-0.2, 0) is 0 Å². The molecular weight excluding hydrogens is 206 g/mol. The predicted octanol–water partition coefficient (Wildman–Crippen LogP) is 2.32. The molecule has 80 valence electrons. The van der Waals surface area contributed by atoms with Gasteiger partial charge in [0.15, 0.2) is 0 Å². The summed E-state index contributed by atoms with van der Waals surface area (Å²) in [5.41, 5.74) is 0. The fourth-order valence-electron chi connectivity index (χ4n) is 1.48. The quantitative estimate of drug-likeness (QED) is 0.761. The lowest BCUT2D eigenvalue weighted by molar-refractivity contribution is 0.738. The van der Waals surface area contributed by atoms with Gasteiger partial charge in [-0.05, 0) is 24.1 Å². The van der Waals surface area contributed by atoms with Crippen molar-refractivity contribution in [3.8, 4) is 0 Å². The Balaban J connectivity index is 2.04. The van der Waals surface area contributed by atoms with Gasteiger partial charge in [-0.3, -0.25) is 0 Å². The maximum atomic E-state index is 4.34. The molecule has 4 heteroatoms. The van der Waals surface area contributed by atoms with Crippen molar-refractivity contribution >= 4 is 27.2 Å². The van der Waals surface area contributed by atoms with Gasteiger partial charge in [-0.2, -0.15) is 0 Å². The van der Waals surface area contributed by atoms with Crippen molar-refractivity contribution in [1.82, 2.24) is 10.3 Å². The van der Waals surface area contributed by atoms with Gasteiger partial charge in [0.2, 0.25) is 0 Å². The molecule has 0 saturated heterocycles. The Morgan fingerprint density at radius 3 is 3.13 bits per heavy atom. The highest BCUT2D eigenvalue weighted by atomic mass is 32.1. The van der Waals surface area contributed by atoms with Crippen molar-refractivity contribution in [2.45, 2.75) is 6.92 Å². The van der Waals surface area contributed by atoms with Gasteiger partial charge in [0, 0.05) is 29.4 Å². The largest absolute Gasteiger partial charge is 0.368 e. The van der Waals surface area contributed by atoms with Crippen molar-refractivity contribution in [1.29, 1.82) is 0 Å². The van der Waals surface area contributed by atoms with E-state index in [0.29, 0.717) is 0 Å². The van der Waals surface area contributed by atoms with Crippen LogP contribution in [0.15, 0.2) is 23.7 Å². The van der Waals surface area contributed by atoms with Gasteiger partial charge < -0.3 is 10.6 Å². The van der Waals surface area contributed by atoms with Crippen LogP contribution in [0.1, 0.15) is 6.92 Å². The van der Waals surface area contributed by atoms with Gasteiger partial charge in [-0.15, -0.1) is 11.3 Å². The number of fused-ring (bicyclic) bond motifs is 1. The third-order valence-electron chi connectivity index (χ3n) is 2.22. The molecule has 0 atom stereocenters. The summed E-state index contributed by atoms with van der Waals surface area (Å²) in [5.74, 6) is 0.992. The molecule has 15 heavy (non-hydrogen) atoms. The van der Waals surface area contributed by atoms with E-state index in [1.165, 1.54) is 10.1 Å². The molecule has 0 saturated carbocycles. The summed E-state index contributed by atoms with van der Waals surface area (Å²) in [6.45, 7) is 5.00. The molecule has 0 aromatic carbocycles. The summed E-state index contributed by atoms with van der Waals surface area (Å²) in [7, 11) is 0. The lowest BCUT2D eigenvalue weighted by atomic mass is 10.3. The van der Waals surface area contributed by atoms with E-state index in [1.54, 1.807) is 11.3 Å². The number of rotatable bonds is 5. The Morgan fingerprint density at radius 2 is 2.27 bits per heavy atom. The number of anilines is 1. The van der Waals surface area contributed by atoms with Crippen LogP contribution in [0.4, 0.5) is 5.82 Å². The molecule has 2 aromatic heterocycles. The fraction of sp³-hybridized carbons (Fsp3) is 0.364. The van der Waals surface area contributed by atoms with E-state index >= 15 is 0 Å². The molecule has 2 aromatic rings. The molecule has 0 fully saturated rings. The highest BCUT2D eigenvalue weighted by molar-refractivity contribution is 7.17. The van der Waals surface area contributed by atoms with E-state index in [-0.39, 0.29) is 0 Å². The molecule has 3 nitrogen and oxygen atoms in total. The van der Waals surface area contributed by atoms with Crippen molar-refractivity contribution in [2.24, 2.45) is 0 Å². The SMILES string of the molecule is CCNCCNc1nccc2sccc12. The summed E-state index contributed by atoms with van der Waals surface area (Å²) >= 11 is 1.75. The molecule has 0 bridgehead atoms. The predicted molar refractivity (Wildman–Crippen MR) is 66.7 cm³/mol. The van der Waals surface area contributed by atoms with Crippen LogP contribution in [0.25, 0.3) is 10.1 Å². The molecule has 0 amide bonds. The zero-order chi connectivity index (χ0) is 10.5. The molecule has 0 aliphatic rings. The van der Waals surface area contributed by atoms with Crippen molar-refractivity contribution in [3.05, 3.63) is 23.7 Å². The Bertz CT molecular complexity index is 424. The first-order chi connectivity index (χ1) is 7.42. The lowest BCUT2D eigenvalue weighted by Crippen LogP contribution is -2.21. The standard InChI is InChI=1S/C11H15N3S/c1-2-12-6-7-14-11-9-4-8-15-10(9)3-5-13-11/h3-5,8,12H,2,6-7H2,1H3,(H,13,14).